The van der Waals surface area contributed by atoms with E-state index in [9.17, 15) is 27.6 Å². The molecule has 0 N–H and O–H groups in total. The zero-order chi connectivity index (χ0) is 19.8. The van der Waals surface area contributed by atoms with Crippen molar-refractivity contribution in [3.05, 3.63) is 65.2 Å². The van der Waals surface area contributed by atoms with E-state index >= 15 is 0 Å². The normalized spacial score (nSPS) is 28.5. The number of carbonyl (C=O) groups excluding carboxylic acids is 3. The van der Waals surface area contributed by atoms with Crippen LogP contribution in [-0.4, -0.2) is 17.6 Å². The molecule has 4 aliphatic rings. The van der Waals surface area contributed by atoms with Gasteiger partial charge in [0, 0.05) is 12.3 Å². The van der Waals surface area contributed by atoms with Gasteiger partial charge in [-0.2, -0.15) is 13.2 Å². The lowest BCUT2D eigenvalue weighted by atomic mass is 9.56. The van der Waals surface area contributed by atoms with Crippen LogP contribution in [0, 0.1) is 11.8 Å². The summed E-state index contributed by atoms with van der Waals surface area (Å²) in [4.78, 5) is 39.7. The third-order valence-corrected chi connectivity index (χ3v) is 6.12. The number of hydrogen-bond donors (Lipinski definition) is 0. The van der Waals surface area contributed by atoms with Gasteiger partial charge in [-0.3, -0.25) is 14.4 Å². The average Bonchev–Trinajstić information content (AvgIpc) is 2.93. The fraction of sp³-hybridized carbons (Fsp3) is 0.286. The van der Waals surface area contributed by atoms with Gasteiger partial charge in [0.2, 0.25) is 11.8 Å². The first-order valence-electron chi connectivity index (χ1n) is 8.95. The molecule has 0 unspecified atom stereocenters. The first kappa shape index (κ1) is 17.2. The van der Waals surface area contributed by atoms with Crippen molar-refractivity contribution in [2.24, 2.45) is 11.8 Å². The first-order chi connectivity index (χ1) is 13.3. The number of benzene rings is 2. The van der Waals surface area contributed by atoms with Gasteiger partial charge in [0.05, 0.1) is 29.0 Å². The predicted octanol–water partition coefficient (Wildman–Crippen LogP) is 3.66. The molecule has 6 rings (SSSR count). The molecule has 142 valence electrons. The number of hydrogen-bond acceptors (Lipinski definition) is 3. The molecule has 1 heterocycles. The van der Waals surface area contributed by atoms with Crippen molar-refractivity contribution in [1.29, 1.82) is 0 Å². The summed E-state index contributed by atoms with van der Waals surface area (Å²) < 4.78 is 39.2. The molecular weight excluding hydrogens is 371 g/mol. The molecule has 28 heavy (non-hydrogen) atoms. The van der Waals surface area contributed by atoms with Crippen LogP contribution in [0.3, 0.4) is 0 Å². The molecule has 4 nitrogen and oxygen atoms in total. The maximum Gasteiger partial charge on any atom is 0.416 e. The van der Waals surface area contributed by atoms with Crippen LogP contribution in [0.25, 0.3) is 0 Å². The van der Waals surface area contributed by atoms with E-state index in [-0.39, 0.29) is 17.9 Å². The molecule has 0 radical (unpaired) electrons. The van der Waals surface area contributed by atoms with Crippen molar-refractivity contribution in [3.63, 3.8) is 0 Å². The van der Waals surface area contributed by atoms with Crippen LogP contribution in [-0.2, 0) is 20.6 Å². The van der Waals surface area contributed by atoms with Gasteiger partial charge < -0.3 is 0 Å². The molecule has 1 saturated carbocycles. The molecule has 1 saturated heterocycles. The summed E-state index contributed by atoms with van der Waals surface area (Å²) in [5.74, 6) is -3.87. The Hall–Kier alpha value is -2.96. The second kappa shape index (κ2) is 5.53. The van der Waals surface area contributed by atoms with Crippen LogP contribution < -0.4 is 4.90 Å². The second-order valence-electron chi connectivity index (χ2n) is 7.50. The summed E-state index contributed by atoms with van der Waals surface area (Å²) in [5.41, 5.74) is 0.621. The number of Topliss-reactive ketones (excluding diaryl/α,β-unsaturated/α-hetero) is 1. The van der Waals surface area contributed by atoms with Gasteiger partial charge in [-0.25, -0.2) is 4.90 Å². The van der Waals surface area contributed by atoms with E-state index in [4.69, 9.17) is 0 Å². The van der Waals surface area contributed by atoms with Crippen LogP contribution in [0.1, 0.15) is 34.9 Å². The van der Waals surface area contributed by atoms with E-state index in [2.05, 4.69) is 0 Å². The summed E-state index contributed by atoms with van der Waals surface area (Å²) in [7, 11) is 0. The van der Waals surface area contributed by atoms with E-state index in [1.54, 1.807) is 12.1 Å². The summed E-state index contributed by atoms with van der Waals surface area (Å²) in [5, 5.41) is 0. The van der Waals surface area contributed by atoms with Crippen LogP contribution in [0.2, 0.25) is 0 Å². The summed E-state index contributed by atoms with van der Waals surface area (Å²) in [6.45, 7) is 0. The minimum absolute atomic E-state index is 0.0861. The minimum atomic E-state index is -4.58. The van der Waals surface area contributed by atoms with Gasteiger partial charge in [-0.15, -0.1) is 0 Å². The Morgan fingerprint density at radius 1 is 0.857 bits per heavy atom. The van der Waals surface area contributed by atoms with Crippen LogP contribution >= 0.6 is 0 Å². The summed E-state index contributed by atoms with van der Waals surface area (Å²) in [6.07, 6.45) is -4.40. The number of nitrogens with zero attached hydrogens (tertiary/aromatic N) is 1. The lowest BCUT2D eigenvalue weighted by Gasteiger charge is -2.43. The summed E-state index contributed by atoms with van der Waals surface area (Å²) >= 11 is 0. The molecule has 2 bridgehead atoms. The smallest absolute Gasteiger partial charge is 0.299 e. The number of ketones is 1. The number of alkyl halides is 3. The fourth-order valence-electron chi connectivity index (χ4n) is 5.04. The highest BCUT2D eigenvalue weighted by molar-refractivity contribution is 6.24. The maximum absolute atomic E-state index is 13.1. The Morgan fingerprint density at radius 3 is 2.25 bits per heavy atom. The minimum Gasteiger partial charge on any atom is -0.299 e. The van der Waals surface area contributed by atoms with Gasteiger partial charge in [0.15, 0.2) is 0 Å². The maximum atomic E-state index is 13.1. The van der Waals surface area contributed by atoms with Gasteiger partial charge in [-0.1, -0.05) is 30.3 Å². The highest BCUT2D eigenvalue weighted by Gasteiger charge is 2.62. The number of imide groups is 1. The van der Waals surface area contributed by atoms with Crippen molar-refractivity contribution in [2.45, 2.75) is 24.4 Å². The van der Waals surface area contributed by atoms with Crippen molar-refractivity contribution in [2.75, 3.05) is 4.90 Å². The van der Waals surface area contributed by atoms with Crippen LogP contribution in [0.15, 0.2) is 48.5 Å². The highest BCUT2D eigenvalue weighted by Crippen LogP contribution is 2.57. The van der Waals surface area contributed by atoms with E-state index in [0.29, 0.717) is 0 Å². The molecule has 3 aliphatic carbocycles. The molecule has 0 spiro atoms. The van der Waals surface area contributed by atoms with Gasteiger partial charge in [0.1, 0.15) is 5.78 Å². The molecule has 0 aromatic heterocycles. The third kappa shape index (κ3) is 2.16. The number of halogens is 3. The monoisotopic (exact) mass is 385 g/mol. The molecule has 4 atom stereocenters. The van der Waals surface area contributed by atoms with Crippen molar-refractivity contribution < 1.29 is 27.6 Å². The van der Waals surface area contributed by atoms with E-state index in [0.717, 1.165) is 28.2 Å². The highest BCUT2D eigenvalue weighted by atomic mass is 19.4. The molecule has 1 aliphatic heterocycles. The molecule has 2 aromatic carbocycles. The number of fused-ring (bicyclic) bond motifs is 1. The molecular formula is C21H14F3NO3. The SMILES string of the molecule is O=C1C[C@@H]2c3ccccc3[C@H]1[C@H]1C(=O)N(c3cccc(C(F)(F)F)c3)C(=O)[C@@H]12. The second-order valence-corrected chi connectivity index (χ2v) is 7.50. The number of carbonyl (C=O) groups is 3. The van der Waals surface area contributed by atoms with E-state index < -0.39 is 47.2 Å². The third-order valence-electron chi connectivity index (χ3n) is 6.12. The zero-order valence-corrected chi connectivity index (χ0v) is 14.4. The lowest BCUT2D eigenvalue weighted by molar-refractivity contribution is -0.137. The van der Waals surface area contributed by atoms with Crippen LogP contribution in [0.4, 0.5) is 18.9 Å². The lowest BCUT2D eigenvalue weighted by Crippen LogP contribution is -2.44. The number of rotatable bonds is 1. The van der Waals surface area contributed by atoms with E-state index in [1.807, 2.05) is 12.1 Å². The van der Waals surface area contributed by atoms with Gasteiger partial charge in [-0.05, 0) is 29.3 Å². The Kier molecular flexibility index (Phi) is 3.39. The van der Waals surface area contributed by atoms with Crippen LogP contribution in [0.5, 0.6) is 0 Å². The first-order valence-corrected chi connectivity index (χ1v) is 8.95. The molecule has 7 heteroatoms. The number of amides is 2. The topological polar surface area (TPSA) is 54.5 Å². The van der Waals surface area contributed by atoms with Crippen molar-refractivity contribution in [3.8, 4) is 0 Å². The zero-order valence-electron chi connectivity index (χ0n) is 14.4. The predicted molar refractivity (Wildman–Crippen MR) is 92.5 cm³/mol. The quantitative estimate of drug-likeness (QED) is 0.704. The summed E-state index contributed by atoms with van der Waals surface area (Å²) in [6, 6.07) is 11.5. The fourth-order valence-corrected chi connectivity index (χ4v) is 5.04. The Labute approximate surface area is 157 Å². The molecule has 2 amide bonds. The Morgan fingerprint density at radius 2 is 1.54 bits per heavy atom. The van der Waals surface area contributed by atoms with E-state index in [1.165, 1.54) is 12.1 Å². The molecule has 2 aromatic rings. The Bertz CT molecular complexity index is 1050. The average molecular weight is 385 g/mol. The number of anilines is 1. The van der Waals surface area contributed by atoms with Gasteiger partial charge >= 0.3 is 6.18 Å². The van der Waals surface area contributed by atoms with Crippen molar-refractivity contribution in [1.82, 2.24) is 0 Å². The van der Waals surface area contributed by atoms with Gasteiger partial charge in [0.25, 0.3) is 0 Å². The standard InChI is InChI=1S/C21H14F3NO3/c22-21(23,24)10-4-3-5-11(8-10)25-19(27)17-14-9-15(26)16(18(17)20(25)28)13-7-2-1-6-12(13)14/h1-8,14,16-18H,9H2/t14-,16-,17-,18-/m1/s1. The largest absolute Gasteiger partial charge is 0.416 e. The Balaban J connectivity index is 1.62. The van der Waals surface area contributed by atoms with Crippen molar-refractivity contribution >= 4 is 23.3 Å². The molecule has 2 fully saturated rings.